The minimum absolute atomic E-state index is 0.217. The molecule has 1 heterocycles. The normalized spacial score (nSPS) is 10.3. The lowest BCUT2D eigenvalue weighted by Crippen LogP contribution is -2.10. The summed E-state index contributed by atoms with van der Waals surface area (Å²) in [6, 6.07) is 8.25. The number of hydrogen-bond acceptors (Lipinski definition) is 4. The SMILES string of the molecule is NCc1ccnc(NCCc2ccc(F)cc2)n1. The van der Waals surface area contributed by atoms with Crippen LogP contribution in [0, 0.1) is 5.82 Å². The van der Waals surface area contributed by atoms with Gasteiger partial charge in [0.1, 0.15) is 5.82 Å². The molecule has 0 radical (unpaired) electrons. The fourth-order valence-electron chi connectivity index (χ4n) is 1.56. The average Bonchev–Trinajstić information content (AvgIpc) is 2.41. The Balaban J connectivity index is 1.86. The molecule has 4 nitrogen and oxygen atoms in total. The molecule has 5 heteroatoms. The number of benzene rings is 1. The predicted molar refractivity (Wildman–Crippen MR) is 68.5 cm³/mol. The molecule has 3 N–H and O–H groups in total. The minimum atomic E-state index is -0.217. The first kappa shape index (κ1) is 12.4. The molecule has 1 aromatic carbocycles. The maximum atomic E-state index is 12.7. The van der Waals surface area contributed by atoms with Crippen molar-refractivity contribution >= 4 is 5.95 Å². The highest BCUT2D eigenvalue weighted by Crippen LogP contribution is 2.04. The molecular weight excluding hydrogens is 231 g/mol. The molecular formula is C13H15FN4. The van der Waals surface area contributed by atoms with Crippen LogP contribution in [-0.4, -0.2) is 16.5 Å². The van der Waals surface area contributed by atoms with Crippen molar-refractivity contribution in [3.8, 4) is 0 Å². The smallest absolute Gasteiger partial charge is 0.222 e. The average molecular weight is 246 g/mol. The van der Waals surface area contributed by atoms with Gasteiger partial charge < -0.3 is 11.1 Å². The highest BCUT2D eigenvalue weighted by atomic mass is 19.1. The fourth-order valence-corrected chi connectivity index (χ4v) is 1.56. The second-order valence-electron chi connectivity index (χ2n) is 3.88. The van der Waals surface area contributed by atoms with Crippen LogP contribution < -0.4 is 11.1 Å². The van der Waals surface area contributed by atoms with Crippen molar-refractivity contribution in [2.45, 2.75) is 13.0 Å². The third kappa shape index (κ3) is 3.49. The minimum Gasteiger partial charge on any atom is -0.354 e. The molecule has 0 bridgehead atoms. The van der Waals surface area contributed by atoms with Crippen molar-refractivity contribution in [3.63, 3.8) is 0 Å². The van der Waals surface area contributed by atoms with Gasteiger partial charge >= 0.3 is 0 Å². The quantitative estimate of drug-likeness (QED) is 0.843. The number of anilines is 1. The zero-order chi connectivity index (χ0) is 12.8. The Hall–Kier alpha value is -2.01. The number of hydrogen-bond donors (Lipinski definition) is 2. The monoisotopic (exact) mass is 246 g/mol. The van der Waals surface area contributed by atoms with E-state index in [0.29, 0.717) is 19.0 Å². The van der Waals surface area contributed by atoms with Crippen LogP contribution in [0.2, 0.25) is 0 Å². The first-order valence-electron chi connectivity index (χ1n) is 5.78. The second-order valence-corrected chi connectivity index (χ2v) is 3.88. The van der Waals surface area contributed by atoms with Gasteiger partial charge in [0.25, 0.3) is 0 Å². The van der Waals surface area contributed by atoms with Crippen LogP contribution in [0.3, 0.4) is 0 Å². The summed E-state index contributed by atoms with van der Waals surface area (Å²) in [5, 5.41) is 3.11. The van der Waals surface area contributed by atoms with Crippen molar-refractivity contribution < 1.29 is 4.39 Å². The Morgan fingerprint density at radius 1 is 1.17 bits per heavy atom. The summed E-state index contributed by atoms with van der Waals surface area (Å²) in [7, 11) is 0. The van der Waals surface area contributed by atoms with E-state index in [1.54, 1.807) is 24.4 Å². The lowest BCUT2D eigenvalue weighted by molar-refractivity contribution is 0.627. The van der Waals surface area contributed by atoms with E-state index in [0.717, 1.165) is 17.7 Å². The van der Waals surface area contributed by atoms with Gasteiger partial charge in [0, 0.05) is 19.3 Å². The molecule has 2 aromatic rings. The molecule has 0 aliphatic heterocycles. The summed E-state index contributed by atoms with van der Waals surface area (Å²) in [6.45, 7) is 1.09. The van der Waals surface area contributed by atoms with Crippen LogP contribution in [0.1, 0.15) is 11.3 Å². The van der Waals surface area contributed by atoms with Crippen molar-refractivity contribution in [2.75, 3.05) is 11.9 Å². The van der Waals surface area contributed by atoms with Gasteiger partial charge in [0.15, 0.2) is 0 Å². The van der Waals surface area contributed by atoms with Crippen LogP contribution in [-0.2, 0) is 13.0 Å². The molecule has 18 heavy (non-hydrogen) atoms. The highest BCUT2D eigenvalue weighted by molar-refractivity contribution is 5.26. The molecule has 0 aliphatic carbocycles. The third-order valence-electron chi connectivity index (χ3n) is 2.53. The van der Waals surface area contributed by atoms with Crippen LogP contribution in [0.5, 0.6) is 0 Å². The van der Waals surface area contributed by atoms with Crippen molar-refractivity contribution in [2.24, 2.45) is 5.73 Å². The zero-order valence-electron chi connectivity index (χ0n) is 9.94. The number of rotatable bonds is 5. The molecule has 1 aromatic heterocycles. The molecule has 0 aliphatic rings. The van der Waals surface area contributed by atoms with Crippen LogP contribution >= 0.6 is 0 Å². The predicted octanol–water partition coefficient (Wildman–Crippen LogP) is 1.73. The van der Waals surface area contributed by atoms with Gasteiger partial charge in [0.05, 0.1) is 5.69 Å². The molecule has 0 amide bonds. The summed E-state index contributed by atoms with van der Waals surface area (Å²) < 4.78 is 12.7. The highest BCUT2D eigenvalue weighted by Gasteiger charge is 1.98. The Morgan fingerprint density at radius 3 is 2.67 bits per heavy atom. The standard InChI is InChI=1S/C13H15FN4/c14-11-3-1-10(2-4-11)5-7-16-13-17-8-6-12(9-15)18-13/h1-4,6,8H,5,7,9,15H2,(H,16,17,18). The maximum Gasteiger partial charge on any atom is 0.222 e. The largest absolute Gasteiger partial charge is 0.354 e. The molecule has 0 saturated heterocycles. The molecule has 0 fully saturated rings. The summed E-state index contributed by atoms with van der Waals surface area (Å²) in [4.78, 5) is 8.32. The van der Waals surface area contributed by atoms with Gasteiger partial charge in [-0.25, -0.2) is 14.4 Å². The van der Waals surface area contributed by atoms with E-state index in [4.69, 9.17) is 5.73 Å². The number of nitrogens with one attached hydrogen (secondary N) is 1. The Kier molecular flexibility index (Phi) is 4.20. The van der Waals surface area contributed by atoms with E-state index in [-0.39, 0.29) is 5.82 Å². The first-order chi connectivity index (χ1) is 8.78. The van der Waals surface area contributed by atoms with E-state index in [9.17, 15) is 4.39 Å². The topological polar surface area (TPSA) is 63.8 Å². The van der Waals surface area contributed by atoms with E-state index in [2.05, 4.69) is 15.3 Å². The van der Waals surface area contributed by atoms with Gasteiger partial charge in [-0.05, 0) is 30.2 Å². The van der Waals surface area contributed by atoms with Crippen LogP contribution in [0.15, 0.2) is 36.5 Å². The van der Waals surface area contributed by atoms with Crippen molar-refractivity contribution in [1.29, 1.82) is 0 Å². The van der Waals surface area contributed by atoms with Gasteiger partial charge in [-0.2, -0.15) is 0 Å². The molecule has 0 atom stereocenters. The Bertz CT molecular complexity index is 499. The van der Waals surface area contributed by atoms with Crippen LogP contribution in [0.4, 0.5) is 10.3 Å². The summed E-state index contributed by atoms with van der Waals surface area (Å²) in [5.41, 5.74) is 7.37. The van der Waals surface area contributed by atoms with E-state index in [1.807, 2.05) is 0 Å². The van der Waals surface area contributed by atoms with Gasteiger partial charge in [-0.1, -0.05) is 12.1 Å². The maximum absolute atomic E-state index is 12.7. The van der Waals surface area contributed by atoms with E-state index in [1.165, 1.54) is 12.1 Å². The Labute approximate surface area is 105 Å². The lowest BCUT2D eigenvalue weighted by atomic mass is 10.1. The van der Waals surface area contributed by atoms with Gasteiger partial charge in [0.2, 0.25) is 5.95 Å². The number of halogens is 1. The third-order valence-corrected chi connectivity index (χ3v) is 2.53. The fraction of sp³-hybridized carbons (Fsp3) is 0.231. The second kappa shape index (κ2) is 6.07. The Morgan fingerprint density at radius 2 is 1.94 bits per heavy atom. The summed E-state index contributed by atoms with van der Waals surface area (Å²) in [5.74, 6) is 0.353. The lowest BCUT2D eigenvalue weighted by Gasteiger charge is -2.05. The van der Waals surface area contributed by atoms with E-state index >= 15 is 0 Å². The zero-order valence-corrected chi connectivity index (χ0v) is 9.94. The first-order valence-corrected chi connectivity index (χ1v) is 5.78. The molecule has 2 rings (SSSR count). The molecule has 0 saturated carbocycles. The molecule has 94 valence electrons. The summed E-state index contributed by atoms with van der Waals surface area (Å²) >= 11 is 0. The van der Waals surface area contributed by atoms with Crippen molar-refractivity contribution in [1.82, 2.24) is 9.97 Å². The van der Waals surface area contributed by atoms with E-state index < -0.39 is 0 Å². The molecule has 0 unspecified atom stereocenters. The van der Waals surface area contributed by atoms with Gasteiger partial charge in [-0.3, -0.25) is 0 Å². The number of nitrogens with two attached hydrogens (primary N) is 1. The summed E-state index contributed by atoms with van der Waals surface area (Å²) in [6.07, 6.45) is 2.46. The number of aromatic nitrogens is 2. The molecule has 0 spiro atoms. The van der Waals surface area contributed by atoms with Crippen molar-refractivity contribution in [3.05, 3.63) is 53.6 Å². The van der Waals surface area contributed by atoms with Gasteiger partial charge in [-0.15, -0.1) is 0 Å². The van der Waals surface area contributed by atoms with Crippen LogP contribution in [0.25, 0.3) is 0 Å². The number of nitrogens with zero attached hydrogens (tertiary/aromatic N) is 2.